The smallest absolute Gasteiger partial charge is 0.103 e. The van der Waals surface area contributed by atoms with E-state index in [0.717, 1.165) is 32.1 Å². The minimum atomic E-state index is 1.04. The summed E-state index contributed by atoms with van der Waals surface area (Å²) in [6.45, 7) is 15.6. The van der Waals surface area contributed by atoms with Gasteiger partial charge in [-0.25, -0.2) is 0 Å². The van der Waals surface area contributed by atoms with E-state index in [9.17, 15) is 0 Å². The van der Waals surface area contributed by atoms with Crippen LogP contribution >= 0.6 is 0 Å². The molecule has 0 unspecified atom stereocenters. The van der Waals surface area contributed by atoms with Crippen molar-refractivity contribution < 1.29 is 0 Å². The van der Waals surface area contributed by atoms with Crippen LogP contribution in [0.5, 0.6) is 0 Å². The Morgan fingerprint density at radius 1 is 0.818 bits per heavy atom. The zero-order valence-electron chi connectivity index (χ0n) is 14.8. The van der Waals surface area contributed by atoms with Gasteiger partial charge in [0.15, 0.2) is 0 Å². The zero-order valence-corrected chi connectivity index (χ0v) is 14.8. The van der Waals surface area contributed by atoms with Gasteiger partial charge in [-0.2, -0.15) is 0 Å². The molecular weight excluding hydrogens is 264 g/mol. The summed E-state index contributed by atoms with van der Waals surface area (Å²) in [5.41, 5.74) is 1.61. The van der Waals surface area contributed by atoms with Crippen LogP contribution in [0, 0.1) is 19.8 Å². The fraction of sp³-hybridized carbons (Fsp3) is 0.591. The molecule has 0 spiro atoms. The molecule has 0 atom stereocenters. The van der Waals surface area contributed by atoms with Gasteiger partial charge in [-0.15, -0.1) is 6.58 Å². The normalized spacial score (nSPS) is 10.2. The van der Waals surface area contributed by atoms with Crippen LogP contribution < -0.4 is 0 Å². The van der Waals surface area contributed by atoms with Crippen LogP contribution in [0.3, 0.4) is 0 Å². The van der Waals surface area contributed by atoms with E-state index in [1.165, 1.54) is 51.4 Å². The third-order valence-corrected chi connectivity index (χ3v) is 4.05. The van der Waals surface area contributed by atoms with Gasteiger partial charge in [0, 0.05) is 0 Å². The van der Waals surface area contributed by atoms with Crippen LogP contribution in [0.25, 0.3) is 0 Å². The van der Waals surface area contributed by atoms with Crippen LogP contribution in [0.15, 0.2) is 37.0 Å². The minimum Gasteiger partial charge on any atom is -0.103 e. The second-order valence-corrected chi connectivity index (χ2v) is 6.11. The first-order valence-corrected chi connectivity index (χ1v) is 9.10. The van der Waals surface area contributed by atoms with Crippen molar-refractivity contribution in [1.82, 2.24) is 0 Å². The molecule has 0 fully saturated rings. The van der Waals surface area contributed by atoms with Crippen LogP contribution in [0.1, 0.15) is 83.5 Å². The monoisotopic (exact) mass is 301 g/mol. The van der Waals surface area contributed by atoms with Gasteiger partial charge in [0.25, 0.3) is 0 Å². The maximum absolute atomic E-state index is 3.96. The molecular formula is C22H37+3. The predicted molar refractivity (Wildman–Crippen MR) is 102 cm³/mol. The maximum Gasteiger partial charge on any atom is 0.109 e. The van der Waals surface area contributed by atoms with Gasteiger partial charge in [-0.1, -0.05) is 18.2 Å². The lowest BCUT2D eigenvalue weighted by molar-refractivity contribution is 0.629. The van der Waals surface area contributed by atoms with Gasteiger partial charge in [0.1, 0.15) is 12.8 Å². The van der Waals surface area contributed by atoms with Gasteiger partial charge < -0.3 is 0 Å². The molecule has 122 valence electrons. The van der Waals surface area contributed by atoms with Gasteiger partial charge in [0.05, 0.1) is 39.0 Å². The van der Waals surface area contributed by atoms with Crippen molar-refractivity contribution in [3.8, 4) is 0 Å². The van der Waals surface area contributed by atoms with Crippen LogP contribution in [-0.4, -0.2) is 0 Å². The second kappa shape index (κ2) is 16.2. The highest BCUT2D eigenvalue weighted by molar-refractivity contribution is 5.09. The third-order valence-electron chi connectivity index (χ3n) is 4.05. The van der Waals surface area contributed by atoms with E-state index in [4.69, 9.17) is 0 Å². The Kier molecular flexibility index (Phi) is 15.3. The van der Waals surface area contributed by atoms with Crippen molar-refractivity contribution in [1.29, 1.82) is 0 Å². The second-order valence-electron chi connectivity index (χ2n) is 6.11. The lowest BCUT2D eigenvalue weighted by Crippen LogP contribution is -1.97. The third kappa shape index (κ3) is 12.6. The maximum atomic E-state index is 3.96. The molecule has 0 aliphatic heterocycles. The summed E-state index contributed by atoms with van der Waals surface area (Å²) < 4.78 is 0. The Morgan fingerprint density at radius 3 is 2.05 bits per heavy atom. The number of allylic oxidation sites excluding steroid dienone is 4. The Morgan fingerprint density at radius 2 is 1.50 bits per heavy atom. The Labute approximate surface area is 140 Å². The average Bonchev–Trinajstić information content (AvgIpc) is 2.53. The van der Waals surface area contributed by atoms with Crippen molar-refractivity contribution >= 4 is 0 Å². The van der Waals surface area contributed by atoms with Gasteiger partial charge >= 0.3 is 0 Å². The molecule has 0 aliphatic carbocycles. The summed E-state index contributed by atoms with van der Waals surface area (Å²) in [4.78, 5) is 0. The van der Waals surface area contributed by atoms with Crippen molar-refractivity contribution in [3.63, 3.8) is 0 Å². The molecule has 0 rings (SSSR count). The van der Waals surface area contributed by atoms with E-state index in [0.29, 0.717) is 0 Å². The molecule has 0 heteroatoms. The molecule has 0 bridgehead atoms. The van der Waals surface area contributed by atoms with Crippen molar-refractivity contribution in [2.45, 2.75) is 83.5 Å². The van der Waals surface area contributed by atoms with Crippen molar-refractivity contribution in [2.75, 3.05) is 0 Å². The molecule has 0 nitrogen and oxygen atoms in total. The fourth-order valence-corrected chi connectivity index (χ4v) is 2.65. The SMILES string of the molecule is C=CCCCCC[C+](CC=C)CC=C(CCC[CH2+])CCC[CH2+]. The molecule has 0 saturated carbocycles. The van der Waals surface area contributed by atoms with E-state index < -0.39 is 0 Å². The summed E-state index contributed by atoms with van der Waals surface area (Å²) in [5, 5.41) is 0. The highest BCUT2D eigenvalue weighted by Crippen LogP contribution is 2.24. The molecule has 0 radical (unpaired) electrons. The summed E-state index contributed by atoms with van der Waals surface area (Å²) in [6.07, 6.45) is 22.0. The molecule has 0 aromatic carbocycles. The zero-order chi connectivity index (χ0) is 16.5. The number of rotatable bonds is 16. The topological polar surface area (TPSA) is 0 Å². The molecule has 22 heavy (non-hydrogen) atoms. The predicted octanol–water partition coefficient (Wildman–Crippen LogP) is 7.60. The Bertz CT molecular complexity index is 274. The molecule has 0 heterocycles. The highest BCUT2D eigenvalue weighted by Gasteiger charge is 2.16. The van der Waals surface area contributed by atoms with Crippen LogP contribution in [0.2, 0.25) is 0 Å². The largest absolute Gasteiger partial charge is 0.109 e. The minimum absolute atomic E-state index is 1.04. The standard InChI is InChI=1S/C22H37/c1-5-9-12-13-14-18-21(15-8-4)19-20-22(16-10-6-2)17-11-7-3/h5,8,20H,1-4,6-7,9-19H2/q+3. The summed E-state index contributed by atoms with van der Waals surface area (Å²) >= 11 is 0. The molecule has 0 aliphatic rings. The van der Waals surface area contributed by atoms with E-state index in [2.05, 4.69) is 39.2 Å². The molecule has 0 aromatic rings. The van der Waals surface area contributed by atoms with Gasteiger partial charge in [0.2, 0.25) is 0 Å². The van der Waals surface area contributed by atoms with Gasteiger partial charge in [-0.3, -0.25) is 0 Å². The molecule has 0 saturated heterocycles. The van der Waals surface area contributed by atoms with E-state index >= 15 is 0 Å². The van der Waals surface area contributed by atoms with E-state index in [1.807, 2.05) is 6.08 Å². The molecule has 0 aromatic heterocycles. The number of unbranched alkanes of at least 4 members (excludes halogenated alkanes) is 5. The Hall–Kier alpha value is -1.17. The lowest BCUT2D eigenvalue weighted by Gasteiger charge is -2.07. The van der Waals surface area contributed by atoms with Gasteiger partial charge in [-0.05, 0) is 63.5 Å². The molecule has 0 amide bonds. The first kappa shape index (κ1) is 20.8. The van der Waals surface area contributed by atoms with Crippen molar-refractivity contribution in [3.05, 3.63) is 56.7 Å². The lowest BCUT2D eigenvalue weighted by atomic mass is 9.91. The quantitative estimate of drug-likeness (QED) is 0.156. The first-order chi connectivity index (χ1) is 10.8. The summed E-state index contributed by atoms with van der Waals surface area (Å²) in [6, 6.07) is 0. The van der Waals surface area contributed by atoms with E-state index in [1.54, 1.807) is 11.5 Å². The number of hydrogen-bond acceptors (Lipinski definition) is 0. The summed E-state index contributed by atoms with van der Waals surface area (Å²) in [7, 11) is 0. The van der Waals surface area contributed by atoms with E-state index in [-0.39, 0.29) is 0 Å². The summed E-state index contributed by atoms with van der Waals surface area (Å²) in [5.74, 6) is 1.63. The van der Waals surface area contributed by atoms with Crippen molar-refractivity contribution in [2.24, 2.45) is 0 Å². The average molecular weight is 302 g/mol. The Balaban J connectivity index is 4.24. The van der Waals surface area contributed by atoms with Crippen LogP contribution in [-0.2, 0) is 0 Å². The number of hydrogen-bond donors (Lipinski definition) is 0. The van der Waals surface area contributed by atoms with Crippen LogP contribution in [0.4, 0.5) is 0 Å². The highest BCUT2D eigenvalue weighted by atomic mass is 14.1. The fourth-order valence-electron chi connectivity index (χ4n) is 2.65. The first-order valence-electron chi connectivity index (χ1n) is 9.10. The molecule has 0 N–H and O–H groups in total.